The summed E-state index contributed by atoms with van der Waals surface area (Å²) >= 11 is 0. The van der Waals surface area contributed by atoms with Gasteiger partial charge in [-0.2, -0.15) is 4.31 Å². The van der Waals surface area contributed by atoms with Gasteiger partial charge in [0.15, 0.2) is 0 Å². The molecular formula is C21H28N2O4S. The number of ether oxygens (including phenoxy) is 1. The topological polar surface area (TPSA) is 75.7 Å². The smallest absolute Gasteiger partial charge is 0.243 e. The Kier molecular flexibility index (Phi) is 7.60. The number of aryl methyl sites for hydroxylation is 3. The third-order valence-electron chi connectivity index (χ3n) is 4.68. The number of benzene rings is 2. The van der Waals surface area contributed by atoms with Crippen LogP contribution in [0.4, 0.5) is 0 Å². The average Bonchev–Trinajstić information content (AvgIpc) is 2.67. The van der Waals surface area contributed by atoms with E-state index in [2.05, 4.69) is 5.32 Å². The lowest BCUT2D eigenvalue weighted by Crippen LogP contribution is -2.38. The van der Waals surface area contributed by atoms with E-state index >= 15 is 0 Å². The minimum absolute atomic E-state index is 0.199. The summed E-state index contributed by atoms with van der Waals surface area (Å²) < 4.78 is 31.5. The number of carbonyl (C=O) groups is 1. The number of nitrogens with one attached hydrogen (secondary N) is 1. The van der Waals surface area contributed by atoms with Crippen LogP contribution in [0.5, 0.6) is 5.75 Å². The standard InChI is InChI=1S/C21H28N2O4S/c1-16-7-12-20(14-17(16)2)28(25,26)23(3)15-21(24)22-13-5-6-18-8-10-19(27-4)11-9-18/h7-12,14H,5-6,13,15H2,1-4H3,(H,22,24). The van der Waals surface area contributed by atoms with Gasteiger partial charge in [0.05, 0.1) is 18.6 Å². The van der Waals surface area contributed by atoms with Crippen LogP contribution in [0.2, 0.25) is 0 Å². The van der Waals surface area contributed by atoms with E-state index in [4.69, 9.17) is 4.74 Å². The molecule has 2 aromatic rings. The van der Waals surface area contributed by atoms with Crippen LogP contribution in [-0.2, 0) is 21.2 Å². The van der Waals surface area contributed by atoms with E-state index in [1.54, 1.807) is 25.3 Å². The Morgan fingerprint density at radius 1 is 1.07 bits per heavy atom. The predicted octanol–water partition coefficient (Wildman–Crippen LogP) is 2.68. The molecule has 2 aromatic carbocycles. The van der Waals surface area contributed by atoms with Gasteiger partial charge in [-0.25, -0.2) is 8.42 Å². The van der Waals surface area contributed by atoms with Crippen molar-refractivity contribution in [1.82, 2.24) is 9.62 Å². The molecule has 7 heteroatoms. The maximum Gasteiger partial charge on any atom is 0.243 e. The molecule has 6 nitrogen and oxygen atoms in total. The van der Waals surface area contributed by atoms with E-state index in [1.165, 1.54) is 7.05 Å². The molecule has 0 spiro atoms. The molecule has 0 bridgehead atoms. The van der Waals surface area contributed by atoms with Crippen LogP contribution in [0.3, 0.4) is 0 Å². The van der Waals surface area contributed by atoms with Crippen LogP contribution < -0.4 is 10.1 Å². The maximum absolute atomic E-state index is 12.6. The number of sulfonamides is 1. The number of methoxy groups -OCH3 is 1. The molecule has 1 N–H and O–H groups in total. The van der Waals surface area contributed by atoms with Crippen molar-refractivity contribution < 1.29 is 17.9 Å². The normalized spacial score (nSPS) is 11.5. The second kappa shape index (κ2) is 9.71. The van der Waals surface area contributed by atoms with Gasteiger partial charge in [-0.1, -0.05) is 18.2 Å². The van der Waals surface area contributed by atoms with Gasteiger partial charge >= 0.3 is 0 Å². The lowest BCUT2D eigenvalue weighted by molar-refractivity contribution is -0.121. The molecule has 0 aliphatic carbocycles. The average molecular weight is 405 g/mol. The fraction of sp³-hybridized carbons (Fsp3) is 0.381. The van der Waals surface area contributed by atoms with Crippen molar-refractivity contribution in [2.75, 3.05) is 27.2 Å². The van der Waals surface area contributed by atoms with E-state index in [0.29, 0.717) is 6.54 Å². The SMILES string of the molecule is COc1ccc(CCCNC(=O)CN(C)S(=O)(=O)c2ccc(C)c(C)c2)cc1. The molecule has 0 aliphatic heterocycles. The Balaban J connectivity index is 1.81. The van der Waals surface area contributed by atoms with E-state index in [1.807, 2.05) is 38.1 Å². The second-order valence-corrected chi connectivity index (χ2v) is 8.85. The lowest BCUT2D eigenvalue weighted by Gasteiger charge is -2.17. The molecule has 2 rings (SSSR count). The first-order valence-corrected chi connectivity index (χ1v) is 10.6. The monoisotopic (exact) mass is 404 g/mol. The zero-order chi connectivity index (χ0) is 20.7. The molecule has 0 saturated carbocycles. The predicted molar refractivity (Wildman–Crippen MR) is 110 cm³/mol. The highest BCUT2D eigenvalue weighted by Crippen LogP contribution is 2.18. The quantitative estimate of drug-likeness (QED) is 0.652. The highest BCUT2D eigenvalue weighted by Gasteiger charge is 2.23. The summed E-state index contributed by atoms with van der Waals surface area (Å²) in [7, 11) is -0.648. The fourth-order valence-electron chi connectivity index (χ4n) is 2.71. The van der Waals surface area contributed by atoms with Gasteiger partial charge in [-0.05, 0) is 67.6 Å². The Bertz CT molecular complexity index is 909. The first kappa shape index (κ1) is 21.9. The van der Waals surface area contributed by atoms with Gasteiger partial charge in [0.25, 0.3) is 0 Å². The van der Waals surface area contributed by atoms with Gasteiger partial charge in [0.1, 0.15) is 5.75 Å². The molecular weight excluding hydrogens is 376 g/mol. The van der Waals surface area contributed by atoms with Crippen LogP contribution in [0.1, 0.15) is 23.1 Å². The number of carbonyl (C=O) groups excluding carboxylic acids is 1. The minimum atomic E-state index is -3.69. The van der Waals surface area contributed by atoms with Gasteiger partial charge in [-0.15, -0.1) is 0 Å². The molecule has 0 heterocycles. The number of likely N-dealkylation sites (N-methyl/N-ethyl adjacent to an activating group) is 1. The Morgan fingerprint density at radius 2 is 1.75 bits per heavy atom. The first-order chi connectivity index (χ1) is 13.2. The van der Waals surface area contributed by atoms with E-state index < -0.39 is 10.0 Å². The minimum Gasteiger partial charge on any atom is -0.497 e. The summed E-state index contributed by atoms with van der Waals surface area (Å²) in [6, 6.07) is 12.8. The number of hydrogen-bond acceptors (Lipinski definition) is 4. The van der Waals surface area contributed by atoms with E-state index in [9.17, 15) is 13.2 Å². The van der Waals surface area contributed by atoms with Gasteiger partial charge in [-0.3, -0.25) is 4.79 Å². The largest absolute Gasteiger partial charge is 0.497 e. The molecule has 0 radical (unpaired) electrons. The molecule has 0 aromatic heterocycles. The van der Waals surface area contributed by atoms with Crippen LogP contribution in [-0.4, -0.2) is 45.9 Å². The summed E-state index contributed by atoms with van der Waals surface area (Å²) in [5.41, 5.74) is 3.08. The van der Waals surface area contributed by atoms with Crippen LogP contribution in [0, 0.1) is 13.8 Å². The third-order valence-corrected chi connectivity index (χ3v) is 6.48. The highest BCUT2D eigenvalue weighted by molar-refractivity contribution is 7.89. The molecule has 0 fully saturated rings. The summed E-state index contributed by atoms with van der Waals surface area (Å²) in [5.74, 6) is 0.495. The second-order valence-electron chi connectivity index (χ2n) is 6.81. The molecule has 1 amide bonds. The molecule has 0 aliphatic rings. The zero-order valence-electron chi connectivity index (χ0n) is 16.9. The van der Waals surface area contributed by atoms with Crippen molar-refractivity contribution in [2.24, 2.45) is 0 Å². The van der Waals surface area contributed by atoms with Crippen molar-refractivity contribution in [3.05, 3.63) is 59.2 Å². The van der Waals surface area contributed by atoms with Gasteiger partial charge < -0.3 is 10.1 Å². The van der Waals surface area contributed by atoms with Crippen LogP contribution in [0.25, 0.3) is 0 Å². The molecule has 0 atom stereocenters. The van der Waals surface area contributed by atoms with Crippen molar-refractivity contribution in [2.45, 2.75) is 31.6 Å². The molecule has 0 saturated heterocycles. The maximum atomic E-state index is 12.6. The Labute approximate surface area is 167 Å². The summed E-state index contributed by atoms with van der Waals surface area (Å²) in [6.45, 7) is 4.07. The van der Waals surface area contributed by atoms with Crippen molar-refractivity contribution in [1.29, 1.82) is 0 Å². The van der Waals surface area contributed by atoms with Gasteiger partial charge in [0, 0.05) is 13.6 Å². The highest BCUT2D eigenvalue weighted by atomic mass is 32.2. The summed E-state index contributed by atoms with van der Waals surface area (Å²) in [5, 5.41) is 2.78. The van der Waals surface area contributed by atoms with Gasteiger partial charge in [0.2, 0.25) is 15.9 Å². The molecule has 28 heavy (non-hydrogen) atoms. The summed E-state index contributed by atoms with van der Waals surface area (Å²) in [4.78, 5) is 12.3. The number of nitrogens with zero attached hydrogens (tertiary/aromatic N) is 1. The number of amides is 1. The van der Waals surface area contributed by atoms with E-state index in [-0.39, 0.29) is 17.3 Å². The first-order valence-electron chi connectivity index (χ1n) is 9.17. The Hall–Kier alpha value is -2.38. The van der Waals surface area contributed by atoms with Crippen molar-refractivity contribution in [3.8, 4) is 5.75 Å². The fourth-order valence-corrected chi connectivity index (χ4v) is 3.92. The summed E-state index contributed by atoms with van der Waals surface area (Å²) in [6.07, 6.45) is 1.59. The number of rotatable bonds is 9. The van der Waals surface area contributed by atoms with Crippen LogP contribution in [0.15, 0.2) is 47.4 Å². The molecule has 152 valence electrons. The molecule has 0 unspecified atom stereocenters. The third kappa shape index (κ3) is 5.81. The number of hydrogen-bond donors (Lipinski definition) is 1. The van der Waals surface area contributed by atoms with E-state index in [0.717, 1.165) is 39.6 Å². The zero-order valence-corrected chi connectivity index (χ0v) is 17.7. The van der Waals surface area contributed by atoms with Crippen molar-refractivity contribution in [3.63, 3.8) is 0 Å². The van der Waals surface area contributed by atoms with Crippen molar-refractivity contribution >= 4 is 15.9 Å². The lowest BCUT2D eigenvalue weighted by atomic mass is 10.1. The Morgan fingerprint density at radius 3 is 2.36 bits per heavy atom. The van der Waals surface area contributed by atoms with Crippen LogP contribution >= 0.6 is 0 Å².